The van der Waals surface area contributed by atoms with Gasteiger partial charge < -0.3 is 15.5 Å². The topological polar surface area (TPSA) is 69.2 Å². The molecular formula is C11H14F3N5. The number of nitrogens with one attached hydrogen (secondary N) is 1. The van der Waals surface area contributed by atoms with E-state index < -0.39 is 11.7 Å². The zero-order valence-electron chi connectivity index (χ0n) is 10.1. The number of piperazine rings is 1. The van der Waals surface area contributed by atoms with Crippen LogP contribution in [0, 0.1) is 5.41 Å². The second-order valence-electron chi connectivity index (χ2n) is 4.23. The minimum Gasteiger partial charge on any atom is -0.370 e. The molecule has 2 rings (SSSR count). The summed E-state index contributed by atoms with van der Waals surface area (Å²) in [7, 11) is 0. The van der Waals surface area contributed by atoms with Crippen molar-refractivity contribution in [1.29, 1.82) is 5.41 Å². The van der Waals surface area contributed by atoms with Gasteiger partial charge in [-0.15, -0.1) is 0 Å². The van der Waals surface area contributed by atoms with E-state index in [4.69, 9.17) is 11.1 Å². The first kappa shape index (κ1) is 13.4. The number of rotatable bonds is 1. The van der Waals surface area contributed by atoms with Crippen LogP contribution in [-0.2, 0) is 6.18 Å². The molecule has 1 aromatic rings. The Morgan fingerprint density at radius 1 is 1.26 bits per heavy atom. The summed E-state index contributed by atoms with van der Waals surface area (Å²) >= 11 is 0. The molecule has 8 heteroatoms. The van der Waals surface area contributed by atoms with E-state index in [1.165, 1.54) is 12.3 Å². The van der Waals surface area contributed by atoms with Gasteiger partial charge in [0.05, 0.1) is 5.56 Å². The number of guanidine groups is 1. The number of nitrogens with zero attached hydrogens (tertiary/aromatic N) is 3. The fourth-order valence-electron chi connectivity index (χ4n) is 2.03. The summed E-state index contributed by atoms with van der Waals surface area (Å²) in [6, 6.07) is 2.30. The molecule has 0 saturated carbocycles. The van der Waals surface area contributed by atoms with E-state index in [2.05, 4.69) is 4.98 Å². The Balaban J connectivity index is 2.18. The van der Waals surface area contributed by atoms with Crippen LogP contribution in [-0.4, -0.2) is 42.0 Å². The number of aromatic nitrogens is 1. The minimum atomic E-state index is -4.42. The van der Waals surface area contributed by atoms with E-state index in [9.17, 15) is 13.2 Å². The van der Waals surface area contributed by atoms with Crippen molar-refractivity contribution in [1.82, 2.24) is 9.88 Å². The van der Waals surface area contributed by atoms with Gasteiger partial charge in [0.15, 0.2) is 5.96 Å². The highest BCUT2D eigenvalue weighted by molar-refractivity contribution is 5.74. The van der Waals surface area contributed by atoms with Crippen molar-refractivity contribution < 1.29 is 13.2 Å². The van der Waals surface area contributed by atoms with Crippen LogP contribution in [0.4, 0.5) is 19.0 Å². The van der Waals surface area contributed by atoms with Crippen LogP contribution in [0.25, 0.3) is 0 Å². The maximum atomic E-state index is 12.9. The number of halogens is 3. The first-order valence-corrected chi connectivity index (χ1v) is 5.75. The molecule has 0 bridgehead atoms. The third-order valence-electron chi connectivity index (χ3n) is 3.01. The molecule has 3 N–H and O–H groups in total. The molecule has 1 fully saturated rings. The quantitative estimate of drug-likeness (QED) is 0.594. The Hall–Kier alpha value is -1.99. The van der Waals surface area contributed by atoms with Crippen molar-refractivity contribution in [3.05, 3.63) is 23.9 Å². The highest BCUT2D eigenvalue weighted by Gasteiger charge is 2.36. The molecule has 104 valence electrons. The summed E-state index contributed by atoms with van der Waals surface area (Å²) in [6.45, 7) is 1.56. The maximum Gasteiger partial charge on any atom is 0.419 e. The predicted octanol–water partition coefficient (Wildman–Crippen LogP) is 1.12. The highest BCUT2D eigenvalue weighted by Crippen LogP contribution is 2.35. The van der Waals surface area contributed by atoms with Crippen LogP contribution >= 0.6 is 0 Å². The summed E-state index contributed by atoms with van der Waals surface area (Å²) < 4.78 is 38.6. The van der Waals surface area contributed by atoms with E-state index in [0.29, 0.717) is 26.2 Å². The second-order valence-corrected chi connectivity index (χ2v) is 4.23. The summed E-state index contributed by atoms with van der Waals surface area (Å²) in [5.41, 5.74) is 4.62. The lowest BCUT2D eigenvalue weighted by atomic mass is 10.2. The van der Waals surface area contributed by atoms with E-state index in [-0.39, 0.29) is 11.8 Å². The number of hydrogen-bond acceptors (Lipinski definition) is 3. The van der Waals surface area contributed by atoms with E-state index in [1.54, 1.807) is 9.80 Å². The fraction of sp³-hybridized carbons (Fsp3) is 0.455. The van der Waals surface area contributed by atoms with Gasteiger partial charge in [-0.2, -0.15) is 13.2 Å². The third kappa shape index (κ3) is 2.88. The SMILES string of the molecule is N=C(N)N1CCN(c2ncccc2C(F)(F)F)CC1. The minimum absolute atomic E-state index is 0.0572. The van der Waals surface area contributed by atoms with E-state index in [1.807, 2.05) is 0 Å². The molecule has 0 amide bonds. The van der Waals surface area contributed by atoms with Crippen LogP contribution in [0.2, 0.25) is 0 Å². The molecule has 1 aliphatic rings. The average Bonchev–Trinajstić information content (AvgIpc) is 2.38. The monoisotopic (exact) mass is 273 g/mol. The number of nitrogens with two attached hydrogens (primary N) is 1. The van der Waals surface area contributed by atoms with Gasteiger partial charge in [-0.25, -0.2) is 4.98 Å². The molecule has 5 nitrogen and oxygen atoms in total. The van der Waals surface area contributed by atoms with Gasteiger partial charge in [0, 0.05) is 32.4 Å². The Bertz CT molecular complexity index is 466. The number of pyridine rings is 1. The zero-order valence-corrected chi connectivity index (χ0v) is 10.1. The van der Waals surface area contributed by atoms with Gasteiger partial charge in [0.2, 0.25) is 0 Å². The largest absolute Gasteiger partial charge is 0.419 e. The van der Waals surface area contributed by atoms with Crippen LogP contribution in [0.5, 0.6) is 0 Å². The highest BCUT2D eigenvalue weighted by atomic mass is 19.4. The third-order valence-corrected chi connectivity index (χ3v) is 3.01. The summed E-state index contributed by atoms with van der Waals surface area (Å²) in [4.78, 5) is 7.03. The zero-order chi connectivity index (χ0) is 14.0. The van der Waals surface area contributed by atoms with Crippen LogP contribution < -0.4 is 10.6 Å². The van der Waals surface area contributed by atoms with Crippen molar-refractivity contribution in [2.45, 2.75) is 6.18 Å². The van der Waals surface area contributed by atoms with E-state index >= 15 is 0 Å². The smallest absolute Gasteiger partial charge is 0.370 e. The summed E-state index contributed by atoms with van der Waals surface area (Å²) in [6.07, 6.45) is -3.07. The van der Waals surface area contributed by atoms with Crippen molar-refractivity contribution in [3.8, 4) is 0 Å². The number of hydrogen-bond donors (Lipinski definition) is 2. The van der Waals surface area contributed by atoms with Crippen molar-refractivity contribution in [3.63, 3.8) is 0 Å². The summed E-state index contributed by atoms with van der Waals surface area (Å²) in [5, 5.41) is 7.29. The van der Waals surface area contributed by atoms with Gasteiger partial charge >= 0.3 is 6.18 Å². The lowest BCUT2D eigenvalue weighted by molar-refractivity contribution is -0.137. The maximum absolute atomic E-state index is 12.9. The normalized spacial score (nSPS) is 16.6. The second kappa shape index (κ2) is 4.94. The van der Waals surface area contributed by atoms with Crippen molar-refractivity contribution in [2.75, 3.05) is 31.1 Å². The molecule has 0 aliphatic carbocycles. The molecule has 2 heterocycles. The standard InChI is InChI=1S/C11H14F3N5/c12-11(13,14)8-2-1-3-17-9(8)18-4-6-19(7-5-18)10(15)16/h1-3H,4-7H2,(H3,15,16). The van der Waals surface area contributed by atoms with Crippen LogP contribution in [0.3, 0.4) is 0 Å². The van der Waals surface area contributed by atoms with Crippen LogP contribution in [0.15, 0.2) is 18.3 Å². The number of anilines is 1. The molecular weight excluding hydrogens is 259 g/mol. The Kier molecular flexibility index (Phi) is 3.50. The molecule has 1 saturated heterocycles. The van der Waals surface area contributed by atoms with Crippen molar-refractivity contribution in [2.24, 2.45) is 5.73 Å². The van der Waals surface area contributed by atoms with E-state index in [0.717, 1.165) is 6.07 Å². The molecule has 1 aliphatic heterocycles. The Morgan fingerprint density at radius 3 is 2.42 bits per heavy atom. The molecule has 0 atom stereocenters. The molecule has 0 aromatic carbocycles. The first-order chi connectivity index (χ1) is 8.89. The number of alkyl halides is 3. The molecule has 0 radical (unpaired) electrons. The lowest BCUT2D eigenvalue weighted by Crippen LogP contribution is -2.51. The lowest BCUT2D eigenvalue weighted by Gasteiger charge is -2.36. The van der Waals surface area contributed by atoms with Crippen LogP contribution in [0.1, 0.15) is 5.56 Å². The first-order valence-electron chi connectivity index (χ1n) is 5.75. The van der Waals surface area contributed by atoms with Gasteiger partial charge in [0.25, 0.3) is 0 Å². The predicted molar refractivity (Wildman–Crippen MR) is 64.9 cm³/mol. The average molecular weight is 273 g/mol. The summed E-state index contributed by atoms with van der Waals surface area (Å²) in [5.74, 6) is -0.116. The van der Waals surface area contributed by atoms with Crippen molar-refractivity contribution >= 4 is 11.8 Å². The van der Waals surface area contributed by atoms with Gasteiger partial charge in [-0.05, 0) is 12.1 Å². The molecule has 1 aromatic heterocycles. The fourth-order valence-corrected chi connectivity index (χ4v) is 2.03. The Labute approximate surface area is 108 Å². The molecule has 0 unspecified atom stereocenters. The Morgan fingerprint density at radius 2 is 1.89 bits per heavy atom. The van der Waals surface area contributed by atoms with Gasteiger partial charge in [0.1, 0.15) is 5.82 Å². The molecule has 0 spiro atoms. The molecule has 19 heavy (non-hydrogen) atoms. The van der Waals surface area contributed by atoms with Gasteiger partial charge in [-0.1, -0.05) is 0 Å². The van der Waals surface area contributed by atoms with Gasteiger partial charge in [-0.3, -0.25) is 5.41 Å².